The van der Waals surface area contributed by atoms with Crippen molar-refractivity contribution in [2.45, 2.75) is 12.3 Å². The summed E-state index contributed by atoms with van der Waals surface area (Å²) >= 11 is 0. The highest BCUT2D eigenvalue weighted by atomic mass is 19.4. The molecular formula is C9H8F3N3O2. The Morgan fingerprint density at radius 1 is 1.47 bits per heavy atom. The normalized spacial score (nSPS) is 16.5. The molecule has 0 spiro atoms. The standard InChI is InChI=1S/C9H8F3N3O2/c10-9(11,12)8-13-2-1-7(14-8)17-6-3-15(4-6)5-16/h1-2,5-6H,3-4H2. The molecule has 0 radical (unpaired) electrons. The van der Waals surface area contributed by atoms with Crippen LogP contribution < -0.4 is 4.74 Å². The van der Waals surface area contributed by atoms with Gasteiger partial charge >= 0.3 is 6.18 Å². The van der Waals surface area contributed by atoms with Gasteiger partial charge in [0.05, 0.1) is 13.1 Å². The number of ether oxygens (including phenoxy) is 1. The van der Waals surface area contributed by atoms with E-state index >= 15 is 0 Å². The van der Waals surface area contributed by atoms with Gasteiger partial charge in [0.1, 0.15) is 6.10 Å². The van der Waals surface area contributed by atoms with Crippen LogP contribution >= 0.6 is 0 Å². The van der Waals surface area contributed by atoms with Crippen LogP contribution in [-0.4, -0.2) is 40.5 Å². The van der Waals surface area contributed by atoms with Crippen molar-refractivity contribution in [2.75, 3.05) is 13.1 Å². The minimum atomic E-state index is -4.59. The van der Waals surface area contributed by atoms with Gasteiger partial charge in [-0.05, 0) is 0 Å². The molecule has 0 atom stereocenters. The maximum atomic E-state index is 12.3. The van der Waals surface area contributed by atoms with E-state index in [1.54, 1.807) is 0 Å². The second kappa shape index (κ2) is 4.19. The summed E-state index contributed by atoms with van der Waals surface area (Å²) in [5.41, 5.74) is 0. The maximum Gasteiger partial charge on any atom is 0.451 e. The zero-order valence-corrected chi connectivity index (χ0v) is 8.52. The van der Waals surface area contributed by atoms with Crippen molar-refractivity contribution in [2.24, 2.45) is 0 Å². The summed E-state index contributed by atoms with van der Waals surface area (Å²) in [6, 6.07) is 1.25. The Morgan fingerprint density at radius 3 is 2.76 bits per heavy atom. The number of halogens is 3. The summed E-state index contributed by atoms with van der Waals surface area (Å²) in [5, 5.41) is 0. The number of hydrogen-bond donors (Lipinski definition) is 0. The lowest BCUT2D eigenvalue weighted by molar-refractivity contribution is -0.145. The van der Waals surface area contributed by atoms with Crippen molar-refractivity contribution in [1.29, 1.82) is 0 Å². The summed E-state index contributed by atoms with van der Waals surface area (Å²) in [7, 11) is 0. The van der Waals surface area contributed by atoms with Crippen LogP contribution in [0.15, 0.2) is 12.3 Å². The Hall–Kier alpha value is -1.86. The molecule has 1 amide bonds. The number of hydrogen-bond acceptors (Lipinski definition) is 4. The second-order valence-corrected chi connectivity index (χ2v) is 3.52. The van der Waals surface area contributed by atoms with Gasteiger partial charge in [-0.2, -0.15) is 18.2 Å². The van der Waals surface area contributed by atoms with Gasteiger partial charge in [0.25, 0.3) is 0 Å². The lowest BCUT2D eigenvalue weighted by Gasteiger charge is -2.35. The summed E-state index contributed by atoms with van der Waals surface area (Å²) < 4.78 is 42.0. The topological polar surface area (TPSA) is 55.3 Å². The molecule has 5 nitrogen and oxygen atoms in total. The number of likely N-dealkylation sites (tertiary alicyclic amines) is 1. The number of carbonyl (C=O) groups excluding carboxylic acids is 1. The quantitative estimate of drug-likeness (QED) is 0.738. The van der Waals surface area contributed by atoms with Gasteiger partial charge in [-0.3, -0.25) is 4.79 Å². The number of carbonyl (C=O) groups is 1. The van der Waals surface area contributed by atoms with Crippen molar-refractivity contribution in [3.63, 3.8) is 0 Å². The first kappa shape index (κ1) is 11.6. The van der Waals surface area contributed by atoms with Crippen LogP contribution in [0.25, 0.3) is 0 Å². The summed E-state index contributed by atoms with van der Waals surface area (Å²) in [6.07, 6.45) is -3.26. The number of alkyl halides is 3. The Morgan fingerprint density at radius 2 is 2.18 bits per heavy atom. The van der Waals surface area contributed by atoms with Gasteiger partial charge in [-0.25, -0.2) is 4.98 Å². The molecule has 0 bridgehead atoms. The number of aromatic nitrogens is 2. The fourth-order valence-electron chi connectivity index (χ4n) is 1.35. The monoisotopic (exact) mass is 247 g/mol. The van der Waals surface area contributed by atoms with Crippen LogP contribution in [0.3, 0.4) is 0 Å². The van der Waals surface area contributed by atoms with Crippen molar-refractivity contribution >= 4 is 6.41 Å². The van der Waals surface area contributed by atoms with Crippen LogP contribution in [0.5, 0.6) is 5.88 Å². The third-order valence-electron chi connectivity index (χ3n) is 2.20. The third kappa shape index (κ3) is 2.63. The molecule has 0 aromatic carbocycles. The fourth-order valence-corrected chi connectivity index (χ4v) is 1.35. The van der Waals surface area contributed by atoms with E-state index in [1.165, 1.54) is 11.0 Å². The first-order chi connectivity index (χ1) is 7.99. The molecule has 2 rings (SSSR count). The molecule has 1 aromatic heterocycles. The molecular weight excluding hydrogens is 239 g/mol. The van der Waals surface area contributed by atoms with E-state index in [9.17, 15) is 18.0 Å². The predicted octanol–water partition coefficient (Wildman–Crippen LogP) is 0.715. The van der Waals surface area contributed by atoms with E-state index in [2.05, 4.69) is 9.97 Å². The molecule has 0 saturated carbocycles. The van der Waals surface area contributed by atoms with Crippen LogP contribution in [0.4, 0.5) is 13.2 Å². The van der Waals surface area contributed by atoms with Gasteiger partial charge < -0.3 is 9.64 Å². The van der Waals surface area contributed by atoms with Crippen molar-refractivity contribution in [3.05, 3.63) is 18.1 Å². The molecule has 8 heteroatoms. The first-order valence-electron chi connectivity index (χ1n) is 4.75. The first-order valence-corrected chi connectivity index (χ1v) is 4.75. The molecule has 0 N–H and O–H groups in total. The predicted molar refractivity (Wildman–Crippen MR) is 49.1 cm³/mol. The highest BCUT2D eigenvalue weighted by molar-refractivity contribution is 5.48. The minimum absolute atomic E-state index is 0.136. The van der Waals surface area contributed by atoms with Crippen molar-refractivity contribution in [3.8, 4) is 5.88 Å². The molecule has 1 aliphatic heterocycles. The van der Waals surface area contributed by atoms with E-state index in [0.29, 0.717) is 19.5 Å². The van der Waals surface area contributed by atoms with Crippen molar-refractivity contribution < 1.29 is 22.7 Å². The third-order valence-corrected chi connectivity index (χ3v) is 2.20. The molecule has 2 heterocycles. The zero-order valence-electron chi connectivity index (χ0n) is 8.52. The molecule has 0 unspecified atom stereocenters. The Kier molecular flexibility index (Phi) is 2.86. The van der Waals surface area contributed by atoms with Gasteiger partial charge in [0, 0.05) is 12.3 Å². The molecule has 1 aromatic rings. The molecule has 17 heavy (non-hydrogen) atoms. The average Bonchev–Trinajstić information content (AvgIpc) is 2.22. The van der Waals surface area contributed by atoms with Crippen LogP contribution in [0.2, 0.25) is 0 Å². The maximum absolute atomic E-state index is 12.3. The van der Waals surface area contributed by atoms with Gasteiger partial charge in [-0.15, -0.1) is 0 Å². The Balaban J connectivity index is 2.00. The Bertz CT molecular complexity index is 418. The highest BCUT2D eigenvalue weighted by Gasteiger charge is 2.35. The molecule has 1 saturated heterocycles. The van der Waals surface area contributed by atoms with E-state index in [1.807, 2.05) is 0 Å². The van der Waals surface area contributed by atoms with Gasteiger partial charge in [0.15, 0.2) is 0 Å². The minimum Gasteiger partial charge on any atom is -0.470 e. The summed E-state index contributed by atoms with van der Waals surface area (Å²) in [5.74, 6) is -1.37. The molecule has 0 aliphatic carbocycles. The van der Waals surface area contributed by atoms with E-state index in [0.717, 1.165) is 6.20 Å². The second-order valence-electron chi connectivity index (χ2n) is 3.52. The zero-order chi connectivity index (χ0) is 12.5. The largest absolute Gasteiger partial charge is 0.470 e. The molecule has 92 valence electrons. The molecule has 1 fully saturated rings. The molecule has 1 aliphatic rings. The van der Waals surface area contributed by atoms with E-state index < -0.39 is 12.0 Å². The summed E-state index contributed by atoms with van der Waals surface area (Å²) in [6.45, 7) is 0.712. The van der Waals surface area contributed by atoms with Crippen molar-refractivity contribution in [1.82, 2.24) is 14.9 Å². The smallest absolute Gasteiger partial charge is 0.451 e. The SMILES string of the molecule is O=CN1CC(Oc2ccnc(C(F)(F)F)n2)C1. The number of rotatable bonds is 3. The van der Waals surface area contributed by atoms with Crippen LogP contribution in [0, 0.1) is 0 Å². The lowest BCUT2D eigenvalue weighted by Crippen LogP contribution is -2.52. The summed E-state index contributed by atoms with van der Waals surface area (Å²) in [4.78, 5) is 18.1. The van der Waals surface area contributed by atoms with Gasteiger partial charge in [-0.1, -0.05) is 0 Å². The fraction of sp³-hybridized carbons (Fsp3) is 0.444. The van der Waals surface area contributed by atoms with Crippen LogP contribution in [0.1, 0.15) is 5.82 Å². The lowest BCUT2D eigenvalue weighted by atomic mass is 10.2. The van der Waals surface area contributed by atoms with Gasteiger partial charge in [0.2, 0.25) is 18.1 Å². The average molecular weight is 247 g/mol. The number of amides is 1. The number of nitrogens with zero attached hydrogens (tertiary/aromatic N) is 3. The van der Waals surface area contributed by atoms with Crippen LogP contribution in [-0.2, 0) is 11.0 Å². The highest BCUT2D eigenvalue weighted by Crippen LogP contribution is 2.27. The van der Waals surface area contributed by atoms with E-state index in [4.69, 9.17) is 4.74 Å². The van der Waals surface area contributed by atoms with E-state index in [-0.39, 0.29) is 12.0 Å². The Labute approximate surface area is 94.2 Å².